The summed E-state index contributed by atoms with van der Waals surface area (Å²) in [6.45, 7) is 4.11. The van der Waals surface area contributed by atoms with Crippen molar-refractivity contribution < 1.29 is 9.53 Å². The van der Waals surface area contributed by atoms with Crippen LogP contribution in [-0.4, -0.2) is 30.5 Å². The van der Waals surface area contributed by atoms with E-state index in [2.05, 4.69) is 11.1 Å². The summed E-state index contributed by atoms with van der Waals surface area (Å²) in [6.07, 6.45) is 0. The first-order valence-electron chi connectivity index (χ1n) is 5.12. The van der Waals surface area contributed by atoms with Gasteiger partial charge in [0.1, 0.15) is 0 Å². The summed E-state index contributed by atoms with van der Waals surface area (Å²) in [6, 6.07) is 6.36. The van der Waals surface area contributed by atoms with E-state index >= 15 is 0 Å². The van der Waals surface area contributed by atoms with Crippen LogP contribution in [0.15, 0.2) is 23.2 Å². The highest BCUT2D eigenvalue weighted by Crippen LogP contribution is 2.18. The van der Waals surface area contributed by atoms with Crippen LogP contribution in [0, 0.1) is 13.8 Å². The van der Waals surface area contributed by atoms with E-state index < -0.39 is 0 Å². The molecule has 0 aliphatic carbocycles. The van der Waals surface area contributed by atoms with Crippen LogP contribution >= 0.6 is 0 Å². The van der Waals surface area contributed by atoms with E-state index in [0.717, 1.165) is 16.8 Å². The minimum Gasteiger partial charge on any atom is -0.454 e. The molecule has 1 fully saturated rings. The number of hydrogen-bond acceptors (Lipinski definition) is 3. The molecule has 0 bridgehead atoms. The molecule has 1 amide bonds. The lowest BCUT2D eigenvalue weighted by atomic mass is 10.1. The van der Waals surface area contributed by atoms with Gasteiger partial charge in [0.05, 0.1) is 5.69 Å². The van der Waals surface area contributed by atoms with Crippen molar-refractivity contribution in [2.45, 2.75) is 13.8 Å². The molecule has 0 atom stereocenters. The third-order valence-corrected chi connectivity index (χ3v) is 2.42. The second-order valence-corrected chi connectivity index (χ2v) is 3.98. The zero-order valence-electron chi connectivity index (χ0n) is 9.65. The van der Waals surface area contributed by atoms with Gasteiger partial charge < -0.3 is 4.74 Å². The van der Waals surface area contributed by atoms with Gasteiger partial charge in [-0.15, -0.1) is 0 Å². The highest BCUT2D eigenvalue weighted by molar-refractivity contribution is 6.00. The van der Waals surface area contributed by atoms with Gasteiger partial charge in [-0.05, 0) is 37.1 Å². The van der Waals surface area contributed by atoms with Gasteiger partial charge in [0, 0.05) is 7.05 Å². The number of aliphatic imine (C=N–C) groups is 1. The minimum absolute atomic E-state index is 0.0666. The molecule has 4 nitrogen and oxygen atoms in total. The number of rotatable bonds is 1. The van der Waals surface area contributed by atoms with Gasteiger partial charge in [-0.2, -0.15) is 4.99 Å². The first kappa shape index (κ1) is 10.7. The molecule has 0 spiro atoms. The lowest BCUT2D eigenvalue weighted by Crippen LogP contribution is -2.24. The molecule has 1 aromatic carbocycles. The molecule has 1 aliphatic heterocycles. The smallest absolute Gasteiger partial charge is 0.299 e. The van der Waals surface area contributed by atoms with Crippen LogP contribution in [0.4, 0.5) is 5.69 Å². The fourth-order valence-corrected chi connectivity index (χ4v) is 1.66. The fourth-order valence-electron chi connectivity index (χ4n) is 1.66. The molecular formula is C12H14N2O2. The van der Waals surface area contributed by atoms with Crippen molar-refractivity contribution in [2.75, 3.05) is 13.7 Å². The van der Waals surface area contributed by atoms with Crippen LogP contribution in [0.1, 0.15) is 11.1 Å². The zero-order valence-corrected chi connectivity index (χ0v) is 9.65. The largest absolute Gasteiger partial charge is 0.454 e. The number of aryl methyl sites for hydroxylation is 2. The van der Waals surface area contributed by atoms with Gasteiger partial charge in [0.2, 0.25) is 0 Å². The number of benzene rings is 1. The number of amidine groups is 1. The van der Waals surface area contributed by atoms with Gasteiger partial charge in [-0.1, -0.05) is 6.07 Å². The Balaban J connectivity index is 2.32. The fraction of sp³-hybridized carbons (Fsp3) is 0.333. The van der Waals surface area contributed by atoms with Crippen molar-refractivity contribution in [1.82, 2.24) is 4.90 Å². The first-order chi connectivity index (χ1) is 7.56. The van der Waals surface area contributed by atoms with Crippen LogP contribution < -0.4 is 0 Å². The third-order valence-electron chi connectivity index (χ3n) is 2.42. The number of nitrogens with zero attached hydrogens (tertiary/aromatic N) is 2. The summed E-state index contributed by atoms with van der Waals surface area (Å²) in [5.74, 6) is -0.0666. The number of ether oxygens (including phenoxy) is 1. The topological polar surface area (TPSA) is 41.9 Å². The molecule has 0 aromatic heterocycles. The van der Waals surface area contributed by atoms with E-state index in [0.29, 0.717) is 6.02 Å². The molecule has 0 N–H and O–H groups in total. The van der Waals surface area contributed by atoms with Crippen molar-refractivity contribution in [3.8, 4) is 0 Å². The first-order valence-corrected chi connectivity index (χ1v) is 5.12. The predicted octanol–water partition coefficient (Wildman–Crippen LogP) is 1.78. The molecular weight excluding hydrogens is 204 g/mol. The van der Waals surface area contributed by atoms with E-state index in [1.807, 2.05) is 26.0 Å². The Hall–Kier alpha value is -1.84. The lowest BCUT2D eigenvalue weighted by molar-refractivity contribution is -0.124. The van der Waals surface area contributed by atoms with E-state index in [1.165, 1.54) is 4.90 Å². The standard InChI is InChI=1S/C12H14N2O2/c1-8-4-9(2)6-10(5-8)13-12-14(3)11(15)7-16-12/h4-6H,7H2,1-3H3. The Labute approximate surface area is 94.5 Å². The van der Waals surface area contributed by atoms with E-state index in [-0.39, 0.29) is 12.5 Å². The maximum atomic E-state index is 11.2. The molecule has 0 radical (unpaired) electrons. The predicted molar refractivity (Wildman–Crippen MR) is 61.7 cm³/mol. The molecule has 1 saturated heterocycles. The monoisotopic (exact) mass is 218 g/mol. The maximum absolute atomic E-state index is 11.2. The van der Waals surface area contributed by atoms with E-state index in [4.69, 9.17) is 4.74 Å². The minimum atomic E-state index is -0.0666. The van der Waals surface area contributed by atoms with Crippen molar-refractivity contribution in [3.05, 3.63) is 29.3 Å². The van der Waals surface area contributed by atoms with Crippen molar-refractivity contribution >= 4 is 17.6 Å². The molecule has 2 rings (SSSR count). The van der Waals surface area contributed by atoms with E-state index in [1.54, 1.807) is 7.05 Å². The summed E-state index contributed by atoms with van der Waals surface area (Å²) >= 11 is 0. The average molecular weight is 218 g/mol. The lowest BCUT2D eigenvalue weighted by Gasteiger charge is -2.06. The number of amides is 1. The summed E-state index contributed by atoms with van der Waals surface area (Å²) in [5.41, 5.74) is 3.10. The van der Waals surface area contributed by atoms with Gasteiger partial charge in [0.25, 0.3) is 11.9 Å². The Kier molecular flexibility index (Phi) is 2.64. The number of carbonyl (C=O) groups is 1. The Bertz CT molecular complexity index is 446. The molecule has 84 valence electrons. The number of carbonyl (C=O) groups excluding carboxylic acids is 1. The molecule has 16 heavy (non-hydrogen) atoms. The van der Waals surface area contributed by atoms with Crippen molar-refractivity contribution in [1.29, 1.82) is 0 Å². The number of hydrogen-bond donors (Lipinski definition) is 0. The SMILES string of the molecule is Cc1cc(C)cc(N=C2OCC(=O)N2C)c1. The molecule has 4 heteroatoms. The van der Waals surface area contributed by atoms with Crippen molar-refractivity contribution in [2.24, 2.45) is 4.99 Å². The summed E-state index contributed by atoms with van der Waals surface area (Å²) in [4.78, 5) is 17.0. The van der Waals surface area contributed by atoms with Crippen LogP contribution in [-0.2, 0) is 9.53 Å². The summed E-state index contributed by atoms with van der Waals surface area (Å²) < 4.78 is 5.19. The van der Waals surface area contributed by atoms with Crippen LogP contribution in [0.2, 0.25) is 0 Å². The molecule has 0 saturated carbocycles. The van der Waals surface area contributed by atoms with Gasteiger partial charge in [-0.3, -0.25) is 9.69 Å². The van der Waals surface area contributed by atoms with Crippen LogP contribution in [0.25, 0.3) is 0 Å². The van der Waals surface area contributed by atoms with Gasteiger partial charge >= 0.3 is 0 Å². The Morgan fingerprint density at radius 1 is 1.25 bits per heavy atom. The highest BCUT2D eigenvalue weighted by atomic mass is 16.5. The maximum Gasteiger partial charge on any atom is 0.299 e. The Morgan fingerprint density at radius 3 is 2.38 bits per heavy atom. The molecule has 1 heterocycles. The number of likely N-dealkylation sites (N-methyl/N-ethyl adjacent to an activating group) is 1. The normalized spacial score (nSPS) is 18.1. The zero-order chi connectivity index (χ0) is 11.7. The van der Waals surface area contributed by atoms with Crippen molar-refractivity contribution in [3.63, 3.8) is 0 Å². The van der Waals surface area contributed by atoms with Gasteiger partial charge in [0.15, 0.2) is 6.61 Å². The molecule has 1 aliphatic rings. The second kappa shape index (κ2) is 3.96. The summed E-state index contributed by atoms with van der Waals surface area (Å²) in [5, 5.41) is 0. The molecule has 0 unspecified atom stereocenters. The second-order valence-electron chi connectivity index (χ2n) is 3.98. The average Bonchev–Trinajstić information content (AvgIpc) is 2.48. The Morgan fingerprint density at radius 2 is 1.88 bits per heavy atom. The summed E-state index contributed by atoms with van der Waals surface area (Å²) in [7, 11) is 1.66. The molecule has 1 aromatic rings. The third kappa shape index (κ3) is 2.05. The van der Waals surface area contributed by atoms with Crippen LogP contribution in [0.5, 0.6) is 0 Å². The highest BCUT2D eigenvalue weighted by Gasteiger charge is 2.25. The van der Waals surface area contributed by atoms with E-state index in [9.17, 15) is 4.79 Å². The van der Waals surface area contributed by atoms with Gasteiger partial charge in [-0.25, -0.2) is 0 Å². The quantitative estimate of drug-likeness (QED) is 0.721. The van der Waals surface area contributed by atoms with Crippen LogP contribution in [0.3, 0.4) is 0 Å².